The zero-order valence-corrected chi connectivity index (χ0v) is 9.99. The maximum Gasteiger partial charge on any atom is 0.257 e. The highest BCUT2D eigenvalue weighted by atomic mass is 16.3. The number of aryl methyl sites for hydroxylation is 2. The SMILES string of the molecule is Cc1cc(C(=O)N2CC(C)C(N)C2)c(C)o1. The Balaban J connectivity index is 2.17. The molecule has 0 spiro atoms. The number of rotatable bonds is 1. The number of nitrogens with zero attached hydrogens (tertiary/aromatic N) is 1. The number of carbonyl (C=O) groups excluding carboxylic acids is 1. The molecular formula is C12H18N2O2. The van der Waals surface area contributed by atoms with Crippen LogP contribution in [0.3, 0.4) is 0 Å². The Hall–Kier alpha value is -1.29. The summed E-state index contributed by atoms with van der Waals surface area (Å²) in [5, 5.41) is 0. The molecule has 0 aliphatic carbocycles. The first-order valence-corrected chi connectivity index (χ1v) is 5.61. The van der Waals surface area contributed by atoms with Crippen molar-refractivity contribution in [1.29, 1.82) is 0 Å². The lowest BCUT2D eigenvalue weighted by Gasteiger charge is -2.14. The highest BCUT2D eigenvalue weighted by Gasteiger charge is 2.31. The zero-order chi connectivity index (χ0) is 11.9. The van der Waals surface area contributed by atoms with Crippen LogP contribution in [-0.2, 0) is 0 Å². The van der Waals surface area contributed by atoms with Gasteiger partial charge in [0.05, 0.1) is 5.56 Å². The van der Waals surface area contributed by atoms with Crippen LogP contribution in [0.1, 0.15) is 28.8 Å². The minimum Gasteiger partial charge on any atom is -0.466 e. The second-order valence-electron chi connectivity index (χ2n) is 4.68. The molecule has 2 rings (SSSR count). The second kappa shape index (κ2) is 3.94. The first-order valence-electron chi connectivity index (χ1n) is 5.61. The number of hydrogen-bond donors (Lipinski definition) is 1. The third-order valence-corrected chi connectivity index (χ3v) is 3.23. The van der Waals surface area contributed by atoms with Crippen LogP contribution in [0.4, 0.5) is 0 Å². The molecule has 2 unspecified atom stereocenters. The fourth-order valence-corrected chi connectivity index (χ4v) is 2.17. The molecule has 0 bridgehead atoms. The number of furan rings is 1. The molecule has 4 heteroatoms. The minimum atomic E-state index is 0.0363. The van der Waals surface area contributed by atoms with Crippen molar-refractivity contribution in [1.82, 2.24) is 4.90 Å². The van der Waals surface area contributed by atoms with Crippen LogP contribution in [-0.4, -0.2) is 29.9 Å². The molecular weight excluding hydrogens is 204 g/mol. The van der Waals surface area contributed by atoms with Crippen LogP contribution in [0.25, 0.3) is 0 Å². The average molecular weight is 222 g/mol. The number of carbonyl (C=O) groups is 1. The van der Waals surface area contributed by atoms with E-state index in [0.29, 0.717) is 23.8 Å². The van der Waals surface area contributed by atoms with E-state index in [9.17, 15) is 4.79 Å². The van der Waals surface area contributed by atoms with E-state index in [2.05, 4.69) is 6.92 Å². The maximum atomic E-state index is 12.2. The van der Waals surface area contributed by atoms with Gasteiger partial charge < -0.3 is 15.1 Å². The van der Waals surface area contributed by atoms with Crippen molar-refractivity contribution in [2.24, 2.45) is 11.7 Å². The Morgan fingerprint density at radius 3 is 2.62 bits per heavy atom. The van der Waals surface area contributed by atoms with Gasteiger partial charge >= 0.3 is 0 Å². The molecule has 2 heterocycles. The summed E-state index contributed by atoms with van der Waals surface area (Å²) in [7, 11) is 0. The summed E-state index contributed by atoms with van der Waals surface area (Å²) >= 11 is 0. The number of amides is 1. The lowest BCUT2D eigenvalue weighted by molar-refractivity contribution is 0.0785. The molecule has 16 heavy (non-hydrogen) atoms. The standard InChI is InChI=1S/C12H18N2O2/c1-7-5-14(6-11(7)13)12(15)10-4-8(2)16-9(10)3/h4,7,11H,5-6,13H2,1-3H3. The van der Waals surface area contributed by atoms with E-state index in [0.717, 1.165) is 12.3 Å². The van der Waals surface area contributed by atoms with Crippen LogP contribution in [0.5, 0.6) is 0 Å². The Labute approximate surface area is 95.4 Å². The van der Waals surface area contributed by atoms with Crippen LogP contribution >= 0.6 is 0 Å². The highest BCUT2D eigenvalue weighted by molar-refractivity contribution is 5.95. The van der Waals surface area contributed by atoms with E-state index in [1.165, 1.54) is 0 Å². The second-order valence-corrected chi connectivity index (χ2v) is 4.68. The minimum absolute atomic E-state index is 0.0363. The number of hydrogen-bond acceptors (Lipinski definition) is 3. The van der Waals surface area contributed by atoms with Crippen LogP contribution in [0.2, 0.25) is 0 Å². The Morgan fingerprint density at radius 2 is 2.19 bits per heavy atom. The van der Waals surface area contributed by atoms with Gasteiger partial charge in [-0.1, -0.05) is 6.92 Å². The summed E-state index contributed by atoms with van der Waals surface area (Å²) < 4.78 is 5.37. The summed E-state index contributed by atoms with van der Waals surface area (Å²) in [5.74, 6) is 1.87. The van der Waals surface area contributed by atoms with Crippen molar-refractivity contribution in [3.05, 3.63) is 23.2 Å². The average Bonchev–Trinajstić information content (AvgIpc) is 2.70. The molecule has 4 nitrogen and oxygen atoms in total. The molecule has 1 amide bonds. The van der Waals surface area contributed by atoms with Crippen LogP contribution in [0, 0.1) is 19.8 Å². The van der Waals surface area contributed by atoms with Crippen molar-refractivity contribution in [3.8, 4) is 0 Å². The molecule has 88 valence electrons. The third-order valence-electron chi connectivity index (χ3n) is 3.23. The fourth-order valence-electron chi connectivity index (χ4n) is 2.17. The van der Waals surface area contributed by atoms with E-state index >= 15 is 0 Å². The largest absolute Gasteiger partial charge is 0.466 e. The van der Waals surface area contributed by atoms with Gasteiger partial charge in [-0.2, -0.15) is 0 Å². The van der Waals surface area contributed by atoms with Gasteiger partial charge in [0, 0.05) is 19.1 Å². The molecule has 1 aliphatic heterocycles. The van der Waals surface area contributed by atoms with Gasteiger partial charge in [0.15, 0.2) is 0 Å². The van der Waals surface area contributed by atoms with Crippen molar-refractivity contribution >= 4 is 5.91 Å². The van der Waals surface area contributed by atoms with Gasteiger partial charge in [-0.15, -0.1) is 0 Å². The van der Waals surface area contributed by atoms with E-state index in [4.69, 9.17) is 10.2 Å². The fraction of sp³-hybridized carbons (Fsp3) is 0.583. The van der Waals surface area contributed by atoms with E-state index in [1.54, 1.807) is 6.07 Å². The summed E-state index contributed by atoms with van der Waals surface area (Å²) in [5.41, 5.74) is 6.58. The van der Waals surface area contributed by atoms with E-state index in [-0.39, 0.29) is 11.9 Å². The zero-order valence-electron chi connectivity index (χ0n) is 9.99. The van der Waals surface area contributed by atoms with E-state index in [1.807, 2.05) is 18.7 Å². The molecule has 1 aromatic heterocycles. The summed E-state index contributed by atoms with van der Waals surface area (Å²) in [6.45, 7) is 7.13. The Bertz CT molecular complexity index is 401. The molecule has 1 saturated heterocycles. The molecule has 0 saturated carbocycles. The molecule has 0 aromatic carbocycles. The van der Waals surface area contributed by atoms with Crippen LogP contribution in [0.15, 0.2) is 10.5 Å². The van der Waals surface area contributed by atoms with Gasteiger partial charge in [-0.05, 0) is 25.8 Å². The molecule has 1 aliphatic rings. The first kappa shape index (κ1) is 11.2. The molecule has 2 N–H and O–H groups in total. The summed E-state index contributed by atoms with van der Waals surface area (Å²) in [6, 6.07) is 1.89. The van der Waals surface area contributed by atoms with Crippen LogP contribution < -0.4 is 5.73 Å². The lowest BCUT2D eigenvalue weighted by atomic mass is 10.1. The monoisotopic (exact) mass is 222 g/mol. The van der Waals surface area contributed by atoms with Gasteiger partial charge in [0.1, 0.15) is 11.5 Å². The van der Waals surface area contributed by atoms with Gasteiger partial charge in [-0.25, -0.2) is 0 Å². The smallest absolute Gasteiger partial charge is 0.257 e. The molecule has 1 fully saturated rings. The Morgan fingerprint density at radius 1 is 1.50 bits per heavy atom. The molecule has 1 aromatic rings. The van der Waals surface area contributed by atoms with Gasteiger partial charge in [0.25, 0.3) is 5.91 Å². The normalized spacial score (nSPS) is 25.1. The van der Waals surface area contributed by atoms with Gasteiger partial charge in [-0.3, -0.25) is 4.79 Å². The third kappa shape index (κ3) is 1.85. The summed E-state index contributed by atoms with van der Waals surface area (Å²) in [6.07, 6.45) is 0. The van der Waals surface area contributed by atoms with Crippen molar-refractivity contribution in [2.45, 2.75) is 26.8 Å². The maximum absolute atomic E-state index is 12.2. The van der Waals surface area contributed by atoms with Crippen molar-refractivity contribution < 1.29 is 9.21 Å². The summed E-state index contributed by atoms with van der Waals surface area (Å²) in [4.78, 5) is 14.0. The number of nitrogens with two attached hydrogens (primary N) is 1. The number of likely N-dealkylation sites (tertiary alicyclic amines) is 1. The topological polar surface area (TPSA) is 59.5 Å². The molecule has 0 radical (unpaired) electrons. The first-order chi connectivity index (χ1) is 7.49. The predicted octanol–water partition coefficient (Wildman–Crippen LogP) is 1.32. The van der Waals surface area contributed by atoms with Crippen molar-refractivity contribution in [2.75, 3.05) is 13.1 Å². The Kier molecular flexibility index (Phi) is 2.76. The molecule has 2 atom stereocenters. The van der Waals surface area contributed by atoms with Gasteiger partial charge in [0.2, 0.25) is 0 Å². The van der Waals surface area contributed by atoms with E-state index < -0.39 is 0 Å². The lowest BCUT2D eigenvalue weighted by Crippen LogP contribution is -2.32. The quantitative estimate of drug-likeness (QED) is 0.779. The predicted molar refractivity (Wildman–Crippen MR) is 61.2 cm³/mol. The highest BCUT2D eigenvalue weighted by Crippen LogP contribution is 2.21. The van der Waals surface area contributed by atoms with Crippen molar-refractivity contribution in [3.63, 3.8) is 0 Å².